The Balaban J connectivity index is 2.23. The summed E-state index contributed by atoms with van der Waals surface area (Å²) in [6.45, 7) is 2.96. The number of aliphatic carboxylic acids is 1. The maximum Gasteiger partial charge on any atom is 0.303 e. The van der Waals surface area contributed by atoms with Crippen LogP contribution in [0, 0.1) is 5.82 Å². The van der Waals surface area contributed by atoms with Gasteiger partial charge in [0.2, 0.25) is 0 Å². The number of benzene rings is 1. The predicted molar refractivity (Wildman–Crippen MR) is 79.8 cm³/mol. The van der Waals surface area contributed by atoms with Crippen LogP contribution < -0.4 is 0 Å². The van der Waals surface area contributed by atoms with E-state index in [-0.39, 0.29) is 12.2 Å². The van der Waals surface area contributed by atoms with Gasteiger partial charge in [0.25, 0.3) is 0 Å². The molecular formula is C16H21FN2O2. The summed E-state index contributed by atoms with van der Waals surface area (Å²) < 4.78 is 15.3. The molecule has 0 amide bonds. The number of carboxylic acids is 1. The second-order valence-electron chi connectivity index (χ2n) is 5.27. The van der Waals surface area contributed by atoms with Crippen molar-refractivity contribution in [1.29, 1.82) is 0 Å². The van der Waals surface area contributed by atoms with Crippen LogP contribution in [0.3, 0.4) is 0 Å². The summed E-state index contributed by atoms with van der Waals surface area (Å²) in [5.41, 5.74) is 1.49. The normalized spacial score (nSPS) is 11.1. The highest BCUT2D eigenvalue weighted by atomic mass is 19.1. The maximum atomic E-state index is 13.3. The van der Waals surface area contributed by atoms with Gasteiger partial charge in [-0.1, -0.05) is 26.2 Å². The number of hydrogen-bond donors (Lipinski definition) is 1. The van der Waals surface area contributed by atoms with Crippen molar-refractivity contribution in [3.05, 3.63) is 29.8 Å². The zero-order chi connectivity index (χ0) is 15.2. The number of halogens is 1. The zero-order valence-corrected chi connectivity index (χ0v) is 12.3. The molecule has 0 aliphatic carbocycles. The van der Waals surface area contributed by atoms with Gasteiger partial charge in [0, 0.05) is 19.0 Å². The molecule has 114 valence electrons. The number of nitrogens with zero attached hydrogens (tertiary/aromatic N) is 2. The lowest BCUT2D eigenvalue weighted by atomic mass is 10.2. The summed E-state index contributed by atoms with van der Waals surface area (Å²) in [6, 6.07) is 4.55. The van der Waals surface area contributed by atoms with Crippen molar-refractivity contribution < 1.29 is 14.3 Å². The standard InChI is InChI=1S/C16H21FN2O2/c1-2-3-4-5-10-19-14-7-6-12(17)11-13(14)18-15(19)8-9-16(20)21/h6-7,11H,2-5,8-10H2,1H3,(H,20,21). The van der Waals surface area contributed by atoms with Crippen LogP contribution in [0.4, 0.5) is 4.39 Å². The van der Waals surface area contributed by atoms with Gasteiger partial charge in [0.15, 0.2) is 0 Å². The number of carbonyl (C=O) groups is 1. The Morgan fingerprint density at radius 2 is 2.14 bits per heavy atom. The Bertz CT molecular complexity index is 622. The third kappa shape index (κ3) is 4.03. The van der Waals surface area contributed by atoms with E-state index in [1.807, 2.05) is 4.57 Å². The molecule has 0 saturated heterocycles. The molecule has 2 rings (SSSR count). The molecule has 0 saturated carbocycles. The molecule has 5 heteroatoms. The van der Waals surface area contributed by atoms with E-state index >= 15 is 0 Å². The molecule has 0 spiro atoms. The van der Waals surface area contributed by atoms with Gasteiger partial charge in [-0.05, 0) is 18.6 Å². The van der Waals surface area contributed by atoms with Gasteiger partial charge in [-0.2, -0.15) is 0 Å². The lowest BCUT2D eigenvalue weighted by Crippen LogP contribution is -2.07. The van der Waals surface area contributed by atoms with Gasteiger partial charge in [-0.3, -0.25) is 4.79 Å². The molecule has 0 fully saturated rings. The second-order valence-corrected chi connectivity index (χ2v) is 5.27. The van der Waals surface area contributed by atoms with Gasteiger partial charge in [0.1, 0.15) is 11.6 Å². The Morgan fingerprint density at radius 3 is 2.86 bits per heavy atom. The lowest BCUT2D eigenvalue weighted by Gasteiger charge is -2.08. The molecule has 1 heterocycles. The first-order valence-corrected chi connectivity index (χ1v) is 7.48. The largest absolute Gasteiger partial charge is 0.481 e. The van der Waals surface area contributed by atoms with E-state index in [2.05, 4.69) is 11.9 Å². The maximum absolute atomic E-state index is 13.3. The van der Waals surface area contributed by atoms with Crippen molar-refractivity contribution in [2.24, 2.45) is 0 Å². The van der Waals surface area contributed by atoms with Crippen molar-refractivity contribution in [2.75, 3.05) is 0 Å². The second kappa shape index (κ2) is 7.20. The summed E-state index contributed by atoms with van der Waals surface area (Å²) in [7, 11) is 0. The fourth-order valence-corrected chi connectivity index (χ4v) is 2.51. The smallest absolute Gasteiger partial charge is 0.303 e. The molecule has 1 N–H and O–H groups in total. The molecule has 0 aliphatic rings. The van der Waals surface area contributed by atoms with E-state index in [1.165, 1.54) is 25.0 Å². The van der Waals surface area contributed by atoms with E-state index in [9.17, 15) is 9.18 Å². The number of rotatable bonds is 8. The number of aromatic nitrogens is 2. The summed E-state index contributed by atoms with van der Waals surface area (Å²) >= 11 is 0. The SMILES string of the molecule is CCCCCCn1c(CCC(=O)O)nc2cc(F)ccc21. The predicted octanol–water partition coefficient (Wildman–Crippen LogP) is 3.77. The van der Waals surface area contributed by atoms with Gasteiger partial charge >= 0.3 is 5.97 Å². The van der Waals surface area contributed by atoms with Crippen molar-refractivity contribution in [2.45, 2.75) is 52.0 Å². The number of fused-ring (bicyclic) bond motifs is 1. The van der Waals surface area contributed by atoms with E-state index in [1.54, 1.807) is 6.07 Å². The molecule has 0 bridgehead atoms. The van der Waals surface area contributed by atoms with Crippen LogP contribution >= 0.6 is 0 Å². The Kier molecular flexibility index (Phi) is 5.31. The molecular weight excluding hydrogens is 271 g/mol. The summed E-state index contributed by atoms with van der Waals surface area (Å²) in [4.78, 5) is 15.2. The van der Waals surface area contributed by atoms with Gasteiger partial charge in [-0.15, -0.1) is 0 Å². The number of imidazole rings is 1. The van der Waals surface area contributed by atoms with Crippen molar-refractivity contribution in [3.63, 3.8) is 0 Å². The molecule has 2 aromatic rings. The van der Waals surface area contributed by atoms with Crippen LogP contribution in [0.15, 0.2) is 18.2 Å². The number of hydrogen-bond acceptors (Lipinski definition) is 2. The molecule has 0 unspecified atom stereocenters. The number of unbranched alkanes of at least 4 members (excludes halogenated alkanes) is 3. The molecule has 21 heavy (non-hydrogen) atoms. The average Bonchev–Trinajstić information content (AvgIpc) is 2.78. The van der Waals surface area contributed by atoms with E-state index in [0.29, 0.717) is 11.9 Å². The minimum absolute atomic E-state index is 0.0424. The van der Waals surface area contributed by atoms with Crippen molar-refractivity contribution >= 4 is 17.0 Å². The van der Waals surface area contributed by atoms with Crippen LogP contribution in [0.5, 0.6) is 0 Å². The van der Waals surface area contributed by atoms with Crippen LogP contribution in [0.2, 0.25) is 0 Å². The summed E-state index contributed by atoms with van der Waals surface area (Å²) in [6.07, 6.45) is 4.93. The Morgan fingerprint density at radius 1 is 1.33 bits per heavy atom. The van der Waals surface area contributed by atoms with Crippen LogP contribution in [-0.4, -0.2) is 20.6 Å². The van der Waals surface area contributed by atoms with Crippen LogP contribution in [0.25, 0.3) is 11.0 Å². The first-order valence-electron chi connectivity index (χ1n) is 7.48. The highest BCUT2D eigenvalue weighted by Gasteiger charge is 2.12. The third-order valence-electron chi connectivity index (χ3n) is 3.59. The van der Waals surface area contributed by atoms with Crippen molar-refractivity contribution in [1.82, 2.24) is 9.55 Å². The van der Waals surface area contributed by atoms with Crippen LogP contribution in [-0.2, 0) is 17.8 Å². The molecule has 0 radical (unpaired) electrons. The molecule has 1 aromatic carbocycles. The fraction of sp³-hybridized carbons (Fsp3) is 0.500. The highest BCUT2D eigenvalue weighted by Crippen LogP contribution is 2.20. The van der Waals surface area contributed by atoms with E-state index < -0.39 is 5.97 Å². The van der Waals surface area contributed by atoms with Gasteiger partial charge in [0.05, 0.1) is 17.5 Å². The van der Waals surface area contributed by atoms with Gasteiger partial charge < -0.3 is 9.67 Å². The average molecular weight is 292 g/mol. The Hall–Kier alpha value is -1.91. The van der Waals surface area contributed by atoms with E-state index in [0.717, 1.165) is 30.7 Å². The Labute approximate surface area is 123 Å². The monoisotopic (exact) mass is 292 g/mol. The molecule has 1 aromatic heterocycles. The first kappa shape index (κ1) is 15.5. The zero-order valence-electron chi connectivity index (χ0n) is 12.3. The molecule has 4 nitrogen and oxygen atoms in total. The summed E-state index contributed by atoms with van der Waals surface area (Å²) in [5, 5.41) is 8.83. The van der Waals surface area contributed by atoms with Gasteiger partial charge in [-0.25, -0.2) is 9.37 Å². The van der Waals surface area contributed by atoms with Crippen LogP contribution in [0.1, 0.15) is 44.9 Å². The topological polar surface area (TPSA) is 55.1 Å². The fourth-order valence-electron chi connectivity index (χ4n) is 2.51. The number of aryl methyl sites for hydroxylation is 2. The third-order valence-corrected chi connectivity index (χ3v) is 3.59. The lowest BCUT2D eigenvalue weighted by molar-refractivity contribution is -0.137. The minimum Gasteiger partial charge on any atom is -0.481 e. The van der Waals surface area contributed by atoms with Crippen molar-refractivity contribution in [3.8, 4) is 0 Å². The minimum atomic E-state index is -0.842. The highest BCUT2D eigenvalue weighted by molar-refractivity contribution is 5.76. The summed E-state index contributed by atoms with van der Waals surface area (Å²) in [5.74, 6) is -0.428. The molecule has 0 aliphatic heterocycles. The molecule has 0 atom stereocenters. The quantitative estimate of drug-likeness (QED) is 0.753. The van der Waals surface area contributed by atoms with E-state index in [4.69, 9.17) is 5.11 Å². The first-order chi connectivity index (χ1) is 10.1. The number of carboxylic acid groups (broad SMARTS) is 1.